The van der Waals surface area contributed by atoms with Crippen molar-refractivity contribution in [2.45, 2.75) is 116 Å². The molecule has 2 atom stereocenters. The fourth-order valence-corrected chi connectivity index (χ4v) is 2.91. The topological polar surface area (TPSA) is 89.6 Å². The van der Waals surface area contributed by atoms with Crippen LogP contribution in [0.1, 0.15) is 104 Å². The second-order valence-corrected chi connectivity index (χ2v) is 7.02. The lowest BCUT2D eigenvalue weighted by Crippen LogP contribution is -2.36. The van der Waals surface area contributed by atoms with Gasteiger partial charge in [-0.1, -0.05) is 71.6 Å². The number of rotatable bonds is 17. The molecule has 0 saturated heterocycles. The maximum atomic E-state index is 12.0. The first-order valence-electron chi connectivity index (χ1n) is 10.2. The summed E-state index contributed by atoms with van der Waals surface area (Å²) in [5, 5.41) is 8.74. The summed E-state index contributed by atoms with van der Waals surface area (Å²) in [6, 6.07) is -1.07. The minimum atomic E-state index is -1.07. The van der Waals surface area contributed by atoms with Gasteiger partial charge in [-0.3, -0.25) is 9.59 Å². The van der Waals surface area contributed by atoms with Crippen molar-refractivity contribution in [1.29, 1.82) is 0 Å². The van der Waals surface area contributed by atoms with Crippen LogP contribution >= 0.6 is 0 Å². The zero-order chi connectivity index (χ0) is 18.9. The minimum absolute atomic E-state index is 0.125. The van der Waals surface area contributed by atoms with Crippen LogP contribution in [-0.2, 0) is 14.3 Å². The van der Waals surface area contributed by atoms with E-state index in [4.69, 9.17) is 15.6 Å². The van der Waals surface area contributed by atoms with Gasteiger partial charge in [0, 0.05) is 0 Å². The van der Waals surface area contributed by atoms with Crippen molar-refractivity contribution >= 4 is 11.9 Å². The molecule has 0 aromatic carbocycles. The van der Waals surface area contributed by atoms with E-state index in [-0.39, 0.29) is 12.5 Å². The SMILES string of the molecule is CCCCCCCCCC(CCCCCC)OC(=O)[C@@H](N)CC(=O)O. The predicted molar refractivity (Wildman–Crippen MR) is 101 cm³/mol. The predicted octanol–water partition coefficient (Wildman–Crippen LogP) is 4.81. The maximum absolute atomic E-state index is 12.0. The van der Waals surface area contributed by atoms with Gasteiger partial charge in [-0.25, -0.2) is 0 Å². The molecule has 5 nitrogen and oxygen atoms in total. The summed E-state index contributed by atoms with van der Waals surface area (Å²) in [5.74, 6) is -1.65. The van der Waals surface area contributed by atoms with Crippen molar-refractivity contribution in [3.8, 4) is 0 Å². The Morgan fingerprint density at radius 1 is 0.840 bits per heavy atom. The molecule has 0 aliphatic rings. The standard InChI is InChI=1S/C20H39NO4/c1-3-5-7-9-10-11-13-15-17(14-12-8-6-4-2)25-20(24)18(21)16-19(22)23/h17-18H,3-16,21H2,1-2H3,(H,22,23)/t17?,18-/m0/s1. The van der Waals surface area contributed by atoms with E-state index < -0.39 is 18.0 Å². The molecule has 0 saturated carbocycles. The number of aliphatic carboxylic acids is 1. The first-order valence-corrected chi connectivity index (χ1v) is 10.2. The van der Waals surface area contributed by atoms with Gasteiger partial charge in [-0.05, 0) is 25.7 Å². The van der Waals surface area contributed by atoms with Crippen LogP contribution in [0.25, 0.3) is 0 Å². The van der Waals surface area contributed by atoms with Gasteiger partial charge in [-0.15, -0.1) is 0 Å². The highest BCUT2D eigenvalue weighted by Crippen LogP contribution is 2.17. The third kappa shape index (κ3) is 14.9. The van der Waals surface area contributed by atoms with Gasteiger partial charge < -0.3 is 15.6 Å². The quantitative estimate of drug-likeness (QED) is 0.288. The molecule has 3 N–H and O–H groups in total. The first kappa shape index (κ1) is 23.9. The van der Waals surface area contributed by atoms with E-state index in [1.54, 1.807) is 0 Å². The number of hydrogen-bond donors (Lipinski definition) is 2. The highest BCUT2D eigenvalue weighted by atomic mass is 16.5. The Hall–Kier alpha value is -1.10. The van der Waals surface area contributed by atoms with Crippen molar-refractivity contribution < 1.29 is 19.4 Å². The van der Waals surface area contributed by atoms with Crippen molar-refractivity contribution in [2.75, 3.05) is 0 Å². The second kappa shape index (κ2) is 16.4. The molecule has 0 fully saturated rings. The molecule has 0 aromatic heterocycles. The monoisotopic (exact) mass is 357 g/mol. The molecule has 0 aliphatic carbocycles. The summed E-state index contributed by atoms with van der Waals surface area (Å²) in [6.07, 6.45) is 14.3. The number of carboxylic acids is 1. The molecule has 1 unspecified atom stereocenters. The van der Waals surface area contributed by atoms with E-state index in [2.05, 4.69) is 13.8 Å². The van der Waals surface area contributed by atoms with E-state index in [0.717, 1.165) is 38.5 Å². The van der Waals surface area contributed by atoms with Gasteiger partial charge in [-0.2, -0.15) is 0 Å². The number of carboxylic acid groups (broad SMARTS) is 1. The number of carbonyl (C=O) groups excluding carboxylic acids is 1. The Bertz CT molecular complexity index is 347. The molecule has 0 heterocycles. The van der Waals surface area contributed by atoms with E-state index in [1.807, 2.05) is 0 Å². The molecule has 148 valence electrons. The number of nitrogens with two attached hydrogens (primary N) is 1. The highest BCUT2D eigenvalue weighted by molar-refractivity contribution is 5.81. The Morgan fingerprint density at radius 3 is 1.76 bits per heavy atom. The Morgan fingerprint density at radius 2 is 1.28 bits per heavy atom. The van der Waals surface area contributed by atoms with Crippen LogP contribution in [0.2, 0.25) is 0 Å². The number of ether oxygens (including phenoxy) is 1. The van der Waals surface area contributed by atoms with Gasteiger partial charge in [0.1, 0.15) is 12.1 Å². The average Bonchev–Trinajstić information content (AvgIpc) is 2.56. The van der Waals surface area contributed by atoms with Gasteiger partial charge in [0.25, 0.3) is 0 Å². The molecule has 0 bridgehead atoms. The van der Waals surface area contributed by atoms with Gasteiger partial charge in [0.15, 0.2) is 0 Å². The second-order valence-electron chi connectivity index (χ2n) is 7.02. The lowest BCUT2D eigenvalue weighted by molar-refractivity contribution is -0.154. The van der Waals surface area contributed by atoms with Crippen LogP contribution in [0.15, 0.2) is 0 Å². The fraction of sp³-hybridized carbons (Fsp3) is 0.900. The molecule has 0 radical (unpaired) electrons. The van der Waals surface area contributed by atoms with Crippen molar-refractivity contribution in [2.24, 2.45) is 5.73 Å². The van der Waals surface area contributed by atoms with Crippen LogP contribution in [0.3, 0.4) is 0 Å². The Kier molecular flexibility index (Phi) is 15.7. The molecule has 0 rings (SSSR count). The smallest absolute Gasteiger partial charge is 0.323 e. The molecule has 25 heavy (non-hydrogen) atoms. The normalized spacial score (nSPS) is 13.4. The van der Waals surface area contributed by atoms with E-state index in [1.165, 1.54) is 44.9 Å². The molecule has 0 amide bonds. The largest absolute Gasteiger partial charge is 0.481 e. The number of unbranched alkanes of at least 4 members (excludes halogenated alkanes) is 9. The third-order valence-corrected chi connectivity index (χ3v) is 4.49. The van der Waals surface area contributed by atoms with Gasteiger partial charge in [0.05, 0.1) is 6.42 Å². The number of esters is 1. The lowest BCUT2D eigenvalue weighted by Gasteiger charge is -2.20. The minimum Gasteiger partial charge on any atom is -0.481 e. The molecule has 0 spiro atoms. The summed E-state index contributed by atoms with van der Waals surface area (Å²) in [5.41, 5.74) is 5.61. The zero-order valence-corrected chi connectivity index (χ0v) is 16.3. The zero-order valence-electron chi connectivity index (χ0n) is 16.3. The van der Waals surface area contributed by atoms with E-state index >= 15 is 0 Å². The summed E-state index contributed by atoms with van der Waals surface area (Å²) in [6.45, 7) is 4.38. The molecule has 0 aliphatic heterocycles. The summed E-state index contributed by atoms with van der Waals surface area (Å²) >= 11 is 0. The maximum Gasteiger partial charge on any atom is 0.323 e. The van der Waals surface area contributed by atoms with E-state index in [0.29, 0.717) is 0 Å². The van der Waals surface area contributed by atoms with Crippen LogP contribution in [0, 0.1) is 0 Å². The number of carbonyl (C=O) groups is 2. The molecule has 5 heteroatoms. The van der Waals surface area contributed by atoms with Gasteiger partial charge >= 0.3 is 11.9 Å². The lowest BCUT2D eigenvalue weighted by atomic mass is 10.0. The highest BCUT2D eigenvalue weighted by Gasteiger charge is 2.22. The van der Waals surface area contributed by atoms with E-state index in [9.17, 15) is 9.59 Å². The van der Waals surface area contributed by atoms with Crippen molar-refractivity contribution in [3.05, 3.63) is 0 Å². The third-order valence-electron chi connectivity index (χ3n) is 4.49. The Labute approximate surface area is 153 Å². The van der Waals surface area contributed by atoms with Crippen LogP contribution < -0.4 is 5.73 Å². The molecular weight excluding hydrogens is 318 g/mol. The first-order chi connectivity index (χ1) is 12.0. The average molecular weight is 358 g/mol. The molecular formula is C20H39NO4. The summed E-state index contributed by atoms with van der Waals surface area (Å²) in [7, 11) is 0. The van der Waals surface area contributed by atoms with Crippen LogP contribution in [0.5, 0.6) is 0 Å². The summed E-state index contributed by atoms with van der Waals surface area (Å²) < 4.78 is 5.51. The summed E-state index contributed by atoms with van der Waals surface area (Å²) in [4.78, 5) is 22.6. The molecule has 0 aromatic rings. The van der Waals surface area contributed by atoms with Crippen LogP contribution in [-0.4, -0.2) is 29.2 Å². The van der Waals surface area contributed by atoms with Crippen molar-refractivity contribution in [3.63, 3.8) is 0 Å². The van der Waals surface area contributed by atoms with Crippen molar-refractivity contribution in [1.82, 2.24) is 0 Å². The van der Waals surface area contributed by atoms with Crippen LogP contribution in [0.4, 0.5) is 0 Å². The fourth-order valence-electron chi connectivity index (χ4n) is 2.91. The number of hydrogen-bond acceptors (Lipinski definition) is 4. The Balaban J connectivity index is 4.16. The van der Waals surface area contributed by atoms with Gasteiger partial charge in [0.2, 0.25) is 0 Å².